The highest BCUT2D eigenvalue weighted by Crippen LogP contribution is 2.28. The molecule has 0 radical (unpaired) electrons. The quantitative estimate of drug-likeness (QED) is 0.879. The summed E-state index contributed by atoms with van der Waals surface area (Å²) < 4.78 is 25.9. The summed E-state index contributed by atoms with van der Waals surface area (Å²) in [6.07, 6.45) is 0. The second-order valence-corrected chi connectivity index (χ2v) is 5.25. The Morgan fingerprint density at radius 2 is 1.63 bits per heavy atom. The van der Waals surface area contributed by atoms with Crippen LogP contribution in [0.2, 0.25) is 0 Å². The van der Waals surface area contributed by atoms with E-state index in [0.29, 0.717) is 4.90 Å². The van der Waals surface area contributed by atoms with E-state index in [9.17, 15) is 8.78 Å². The summed E-state index contributed by atoms with van der Waals surface area (Å²) in [6.45, 7) is 3.84. The van der Waals surface area contributed by atoms with E-state index in [1.54, 1.807) is 6.07 Å². The molecule has 0 aliphatic carbocycles. The van der Waals surface area contributed by atoms with Gasteiger partial charge in [0.1, 0.15) is 0 Å². The molecule has 0 unspecified atom stereocenters. The predicted molar refractivity (Wildman–Crippen MR) is 74.3 cm³/mol. The molecule has 19 heavy (non-hydrogen) atoms. The van der Waals surface area contributed by atoms with E-state index >= 15 is 0 Å². The van der Waals surface area contributed by atoms with Crippen molar-refractivity contribution in [3.05, 3.63) is 59.7 Å². The van der Waals surface area contributed by atoms with Gasteiger partial charge >= 0.3 is 0 Å². The number of nitrogens with one attached hydrogen (secondary N) is 1. The lowest BCUT2D eigenvalue weighted by atomic mass is 10.2. The van der Waals surface area contributed by atoms with Crippen molar-refractivity contribution < 1.29 is 8.78 Å². The Bertz CT molecular complexity index is 540. The van der Waals surface area contributed by atoms with E-state index in [0.717, 1.165) is 24.1 Å². The molecule has 0 aliphatic rings. The summed E-state index contributed by atoms with van der Waals surface area (Å²) in [5, 5.41) is 3.25. The molecule has 4 heteroatoms. The molecular weight excluding hydrogens is 264 g/mol. The summed E-state index contributed by atoms with van der Waals surface area (Å²) in [5.41, 5.74) is 1.21. The minimum absolute atomic E-state index is 0.693. The van der Waals surface area contributed by atoms with Gasteiger partial charge in [0, 0.05) is 16.3 Å². The summed E-state index contributed by atoms with van der Waals surface area (Å²) in [5.74, 6) is -1.63. The van der Waals surface area contributed by atoms with Gasteiger partial charge in [-0.3, -0.25) is 0 Å². The molecule has 0 saturated heterocycles. The molecule has 0 aromatic heterocycles. The molecule has 0 saturated carbocycles. The van der Waals surface area contributed by atoms with Crippen molar-refractivity contribution >= 4 is 11.8 Å². The molecule has 100 valence electrons. The number of hydrogen-bond acceptors (Lipinski definition) is 2. The number of halogens is 2. The van der Waals surface area contributed by atoms with Gasteiger partial charge in [-0.05, 0) is 42.4 Å². The lowest BCUT2D eigenvalue weighted by Gasteiger charge is -2.05. The Kier molecular flexibility index (Phi) is 4.93. The zero-order valence-corrected chi connectivity index (χ0v) is 11.4. The van der Waals surface area contributed by atoms with Crippen LogP contribution in [0.4, 0.5) is 8.78 Å². The molecule has 0 amide bonds. The van der Waals surface area contributed by atoms with E-state index in [-0.39, 0.29) is 0 Å². The summed E-state index contributed by atoms with van der Waals surface area (Å²) >= 11 is 1.42. The first-order valence-corrected chi connectivity index (χ1v) is 6.93. The van der Waals surface area contributed by atoms with E-state index in [1.807, 2.05) is 24.3 Å². The molecule has 1 nitrogen and oxygen atoms in total. The standard InChI is InChI=1S/C15H15F2NS/c1-2-18-10-11-3-5-12(6-4-11)19-13-7-8-14(16)15(17)9-13/h3-9,18H,2,10H2,1H3. The maximum Gasteiger partial charge on any atom is 0.159 e. The van der Waals surface area contributed by atoms with Crippen LogP contribution in [-0.2, 0) is 6.54 Å². The van der Waals surface area contributed by atoms with Crippen molar-refractivity contribution in [2.75, 3.05) is 6.54 Å². The third-order valence-corrected chi connectivity index (χ3v) is 3.63. The van der Waals surface area contributed by atoms with Gasteiger partial charge in [0.05, 0.1) is 0 Å². The fourth-order valence-corrected chi connectivity index (χ4v) is 2.46. The lowest BCUT2D eigenvalue weighted by molar-refractivity contribution is 0.506. The van der Waals surface area contributed by atoms with Crippen molar-refractivity contribution in [2.24, 2.45) is 0 Å². The molecule has 2 aromatic rings. The Balaban J connectivity index is 2.04. The minimum atomic E-state index is -0.815. The molecule has 0 spiro atoms. The summed E-state index contributed by atoms with van der Waals surface area (Å²) in [7, 11) is 0. The highest BCUT2D eigenvalue weighted by Gasteiger charge is 2.04. The van der Waals surface area contributed by atoms with E-state index in [4.69, 9.17) is 0 Å². The largest absolute Gasteiger partial charge is 0.313 e. The molecule has 2 rings (SSSR count). The topological polar surface area (TPSA) is 12.0 Å². The average Bonchev–Trinajstić information content (AvgIpc) is 2.42. The highest BCUT2D eigenvalue weighted by molar-refractivity contribution is 7.99. The van der Waals surface area contributed by atoms with Crippen LogP contribution < -0.4 is 5.32 Å². The zero-order chi connectivity index (χ0) is 13.7. The Morgan fingerprint density at radius 1 is 0.947 bits per heavy atom. The molecular formula is C15H15F2NS. The van der Waals surface area contributed by atoms with Gasteiger partial charge in [-0.2, -0.15) is 0 Å². The normalized spacial score (nSPS) is 10.7. The zero-order valence-electron chi connectivity index (χ0n) is 10.6. The van der Waals surface area contributed by atoms with Crippen LogP contribution in [0.15, 0.2) is 52.3 Å². The fourth-order valence-electron chi connectivity index (χ4n) is 1.62. The van der Waals surface area contributed by atoms with Crippen LogP contribution in [0.25, 0.3) is 0 Å². The van der Waals surface area contributed by atoms with Crippen LogP contribution >= 0.6 is 11.8 Å². The second kappa shape index (κ2) is 6.68. The molecule has 0 aliphatic heterocycles. The Labute approximate surface area is 116 Å². The van der Waals surface area contributed by atoms with Crippen molar-refractivity contribution in [3.8, 4) is 0 Å². The van der Waals surface area contributed by atoms with Gasteiger partial charge in [-0.15, -0.1) is 0 Å². The van der Waals surface area contributed by atoms with Gasteiger partial charge < -0.3 is 5.32 Å². The molecule has 2 aromatic carbocycles. The molecule has 0 fully saturated rings. The Hall–Kier alpha value is -1.39. The monoisotopic (exact) mass is 279 g/mol. The Morgan fingerprint density at radius 3 is 2.26 bits per heavy atom. The minimum Gasteiger partial charge on any atom is -0.313 e. The van der Waals surface area contributed by atoms with Crippen LogP contribution in [0.5, 0.6) is 0 Å². The van der Waals surface area contributed by atoms with Gasteiger partial charge in [0.2, 0.25) is 0 Å². The molecule has 1 N–H and O–H groups in total. The average molecular weight is 279 g/mol. The van der Waals surface area contributed by atoms with Gasteiger partial charge in [0.15, 0.2) is 11.6 Å². The van der Waals surface area contributed by atoms with Crippen molar-refractivity contribution in [2.45, 2.75) is 23.3 Å². The molecule has 0 heterocycles. The summed E-state index contributed by atoms with van der Waals surface area (Å²) in [6, 6.07) is 12.0. The number of rotatable bonds is 5. The second-order valence-electron chi connectivity index (χ2n) is 4.10. The van der Waals surface area contributed by atoms with Crippen LogP contribution in [0, 0.1) is 11.6 Å². The number of benzene rings is 2. The first-order chi connectivity index (χ1) is 9.19. The third-order valence-electron chi connectivity index (χ3n) is 2.63. The maximum absolute atomic E-state index is 13.1. The first-order valence-electron chi connectivity index (χ1n) is 6.11. The van der Waals surface area contributed by atoms with Crippen LogP contribution in [0.3, 0.4) is 0 Å². The SMILES string of the molecule is CCNCc1ccc(Sc2ccc(F)c(F)c2)cc1. The van der Waals surface area contributed by atoms with Crippen molar-refractivity contribution in [1.82, 2.24) is 5.32 Å². The van der Waals surface area contributed by atoms with Crippen LogP contribution in [-0.4, -0.2) is 6.54 Å². The first kappa shape index (κ1) is 14.0. The van der Waals surface area contributed by atoms with Crippen molar-refractivity contribution in [3.63, 3.8) is 0 Å². The third kappa shape index (κ3) is 4.04. The van der Waals surface area contributed by atoms with Gasteiger partial charge in [-0.25, -0.2) is 8.78 Å². The van der Waals surface area contributed by atoms with Gasteiger partial charge in [-0.1, -0.05) is 30.8 Å². The van der Waals surface area contributed by atoms with Gasteiger partial charge in [0.25, 0.3) is 0 Å². The van der Waals surface area contributed by atoms with Crippen LogP contribution in [0.1, 0.15) is 12.5 Å². The number of hydrogen-bond donors (Lipinski definition) is 1. The fraction of sp³-hybridized carbons (Fsp3) is 0.200. The van der Waals surface area contributed by atoms with E-state index in [1.165, 1.54) is 23.4 Å². The smallest absolute Gasteiger partial charge is 0.159 e. The van der Waals surface area contributed by atoms with Crippen molar-refractivity contribution in [1.29, 1.82) is 0 Å². The molecule has 0 bridgehead atoms. The predicted octanol–water partition coefficient (Wildman–Crippen LogP) is 4.23. The maximum atomic E-state index is 13.1. The molecule has 0 atom stereocenters. The highest BCUT2D eigenvalue weighted by atomic mass is 32.2. The summed E-state index contributed by atoms with van der Waals surface area (Å²) in [4.78, 5) is 1.70. The van der Waals surface area contributed by atoms with E-state index < -0.39 is 11.6 Å². The lowest BCUT2D eigenvalue weighted by Crippen LogP contribution is -2.11. The van der Waals surface area contributed by atoms with E-state index in [2.05, 4.69) is 12.2 Å².